The van der Waals surface area contributed by atoms with Gasteiger partial charge in [0.2, 0.25) is 5.91 Å². The summed E-state index contributed by atoms with van der Waals surface area (Å²) in [5.41, 5.74) is 1.21. The molecule has 2 amide bonds. The summed E-state index contributed by atoms with van der Waals surface area (Å²) in [4.78, 5) is 33.4. The number of amides is 2. The first-order valence-corrected chi connectivity index (χ1v) is 13.8. The van der Waals surface area contributed by atoms with Gasteiger partial charge in [-0.15, -0.1) is 11.3 Å². The highest BCUT2D eigenvalue weighted by atomic mass is 35.5. The molecule has 1 aromatic carbocycles. The Morgan fingerprint density at radius 1 is 1.22 bits per heavy atom. The zero-order valence-electron chi connectivity index (χ0n) is 17.9. The van der Waals surface area contributed by atoms with Crippen molar-refractivity contribution in [3.05, 3.63) is 50.9 Å². The number of rotatable bonds is 5. The van der Waals surface area contributed by atoms with Gasteiger partial charge >= 0.3 is 0 Å². The van der Waals surface area contributed by atoms with Crippen molar-refractivity contribution in [3.63, 3.8) is 0 Å². The van der Waals surface area contributed by atoms with Crippen LogP contribution in [-0.4, -0.2) is 72.7 Å². The Balaban J connectivity index is 1.32. The molecule has 7 nitrogen and oxygen atoms in total. The Kier molecular flexibility index (Phi) is 6.88. The van der Waals surface area contributed by atoms with E-state index in [-0.39, 0.29) is 35.3 Å². The first-order valence-electron chi connectivity index (χ1n) is 10.7. The molecule has 3 heterocycles. The van der Waals surface area contributed by atoms with E-state index in [0.717, 1.165) is 23.4 Å². The number of sulfone groups is 1. The zero-order valence-corrected chi connectivity index (χ0v) is 20.3. The van der Waals surface area contributed by atoms with Crippen LogP contribution in [0.5, 0.6) is 0 Å². The van der Waals surface area contributed by atoms with Crippen LogP contribution in [0.15, 0.2) is 29.6 Å². The minimum Gasteiger partial charge on any atom is -0.342 e. The SMILES string of the molecule is CN(C(=O)c1csc(C2CCN(C(=O)Cc3ccccc3Cl)CC2)n1)C1CCS(=O)(=O)C1. The van der Waals surface area contributed by atoms with Gasteiger partial charge in [0.1, 0.15) is 5.69 Å². The van der Waals surface area contributed by atoms with Gasteiger partial charge < -0.3 is 9.80 Å². The fourth-order valence-corrected chi connectivity index (χ4v) is 7.24. The van der Waals surface area contributed by atoms with Crippen molar-refractivity contribution in [2.24, 2.45) is 0 Å². The molecule has 1 unspecified atom stereocenters. The van der Waals surface area contributed by atoms with Gasteiger partial charge in [-0.1, -0.05) is 29.8 Å². The van der Waals surface area contributed by atoms with Gasteiger partial charge in [0.25, 0.3) is 5.91 Å². The van der Waals surface area contributed by atoms with Crippen molar-refractivity contribution < 1.29 is 18.0 Å². The van der Waals surface area contributed by atoms with Crippen LogP contribution in [0, 0.1) is 0 Å². The summed E-state index contributed by atoms with van der Waals surface area (Å²) in [6.07, 6.45) is 2.37. The molecule has 0 bridgehead atoms. The molecule has 2 aliphatic heterocycles. The Morgan fingerprint density at radius 3 is 2.59 bits per heavy atom. The monoisotopic (exact) mass is 495 g/mol. The fourth-order valence-electron chi connectivity index (χ4n) is 4.29. The lowest BCUT2D eigenvalue weighted by molar-refractivity contribution is -0.131. The smallest absolute Gasteiger partial charge is 0.273 e. The summed E-state index contributed by atoms with van der Waals surface area (Å²) in [6.45, 7) is 1.30. The molecule has 4 rings (SSSR count). The van der Waals surface area contributed by atoms with E-state index in [4.69, 9.17) is 11.6 Å². The summed E-state index contributed by atoms with van der Waals surface area (Å²) in [7, 11) is -1.41. The number of thiazole rings is 1. The van der Waals surface area contributed by atoms with Crippen LogP contribution in [-0.2, 0) is 21.1 Å². The molecular formula is C22H26ClN3O4S2. The van der Waals surface area contributed by atoms with Gasteiger partial charge in [0, 0.05) is 42.5 Å². The third-order valence-corrected chi connectivity index (χ3v) is 9.44. The summed E-state index contributed by atoms with van der Waals surface area (Å²) >= 11 is 7.64. The maximum Gasteiger partial charge on any atom is 0.273 e. The van der Waals surface area contributed by atoms with E-state index in [1.54, 1.807) is 18.5 Å². The number of hydrogen-bond donors (Lipinski definition) is 0. The predicted octanol–water partition coefficient (Wildman–Crippen LogP) is 3.00. The lowest BCUT2D eigenvalue weighted by atomic mass is 9.97. The number of benzene rings is 1. The van der Waals surface area contributed by atoms with Crippen molar-refractivity contribution in [2.75, 3.05) is 31.6 Å². The van der Waals surface area contributed by atoms with Crippen LogP contribution in [0.1, 0.15) is 46.2 Å². The van der Waals surface area contributed by atoms with Crippen LogP contribution in [0.3, 0.4) is 0 Å². The largest absolute Gasteiger partial charge is 0.342 e. The predicted molar refractivity (Wildman–Crippen MR) is 125 cm³/mol. The Hall–Kier alpha value is -1.97. The van der Waals surface area contributed by atoms with E-state index in [1.165, 1.54) is 16.2 Å². The van der Waals surface area contributed by atoms with Crippen molar-refractivity contribution >= 4 is 44.6 Å². The molecule has 2 fully saturated rings. The van der Waals surface area contributed by atoms with Crippen LogP contribution in [0.4, 0.5) is 0 Å². The number of carbonyl (C=O) groups excluding carboxylic acids is 2. The third-order valence-electron chi connectivity index (χ3n) is 6.31. The second kappa shape index (κ2) is 9.49. The standard InChI is InChI=1S/C22H26ClN3O4S2/c1-25(17-8-11-32(29,30)14-17)22(28)19-13-31-21(24-19)15-6-9-26(10-7-15)20(27)12-16-4-2-3-5-18(16)23/h2-5,13,15,17H,6-12,14H2,1H3. The van der Waals surface area contributed by atoms with Gasteiger partial charge in [0.05, 0.1) is 22.9 Å². The Bertz CT molecular complexity index is 1110. The van der Waals surface area contributed by atoms with Crippen LogP contribution >= 0.6 is 22.9 Å². The number of aromatic nitrogens is 1. The van der Waals surface area contributed by atoms with E-state index in [1.807, 2.05) is 23.1 Å². The van der Waals surface area contributed by atoms with E-state index >= 15 is 0 Å². The fraction of sp³-hybridized carbons (Fsp3) is 0.500. The van der Waals surface area contributed by atoms with Gasteiger partial charge in [-0.2, -0.15) is 0 Å². The molecule has 10 heteroatoms. The van der Waals surface area contributed by atoms with Crippen LogP contribution < -0.4 is 0 Å². The number of likely N-dealkylation sites (tertiary alicyclic amines) is 1. The van der Waals surface area contributed by atoms with Crippen molar-refractivity contribution in [3.8, 4) is 0 Å². The van der Waals surface area contributed by atoms with Gasteiger partial charge in [-0.3, -0.25) is 9.59 Å². The minimum atomic E-state index is -3.05. The zero-order chi connectivity index (χ0) is 22.9. The molecule has 172 valence electrons. The average molecular weight is 496 g/mol. The van der Waals surface area contributed by atoms with E-state index < -0.39 is 9.84 Å². The minimum absolute atomic E-state index is 0.0208. The third kappa shape index (κ3) is 5.15. The second-order valence-electron chi connectivity index (χ2n) is 8.47. The molecule has 1 aromatic heterocycles. The lowest BCUT2D eigenvalue weighted by Gasteiger charge is -2.31. The van der Waals surface area contributed by atoms with Crippen LogP contribution in [0.25, 0.3) is 0 Å². The molecule has 2 saturated heterocycles. The summed E-state index contributed by atoms with van der Waals surface area (Å²) in [5, 5.41) is 3.27. The summed E-state index contributed by atoms with van der Waals surface area (Å²) in [5.74, 6) is 0.197. The van der Waals surface area contributed by atoms with Crippen molar-refractivity contribution in [1.82, 2.24) is 14.8 Å². The van der Waals surface area contributed by atoms with E-state index in [9.17, 15) is 18.0 Å². The highest BCUT2D eigenvalue weighted by Gasteiger charge is 2.34. The molecule has 32 heavy (non-hydrogen) atoms. The quantitative estimate of drug-likeness (QED) is 0.636. The number of halogens is 1. The molecule has 0 radical (unpaired) electrons. The Labute approximate surface area is 197 Å². The topological polar surface area (TPSA) is 87.7 Å². The van der Waals surface area contributed by atoms with Gasteiger partial charge in [0.15, 0.2) is 9.84 Å². The number of nitrogens with zero attached hydrogens (tertiary/aromatic N) is 3. The lowest BCUT2D eigenvalue weighted by Crippen LogP contribution is -2.39. The van der Waals surface area contributed by atoms with Gasteiger partial charge in [-0.05, 0) is 30.9 Å². The van der Waals surface area contributed by atoms with Crippen molar-refractivity contribution in [1.29, 1.82) is 0 Å². The molecule has 0 saturated carbocycles. The first-order chi connectivity index (χ1) is 15.2. The molecular weight excluding hydrogens is 470 g/mol. The van der Waals surface area contributed by atoms with Gasteiger partial charge in [-0.25, -0.2) is 13.4 Å². The van der Waals surface area contributed by atoms with E-state index in [2.05, 4.69) is 4.98 Å². The normalized spacial score (nSPS) is 20.9. The second-order valence-corrected chi connectivity index (χ2v) is 12.0. The number of hydrogen-bond acceptors (Lipinski definition) is 6. The molecule has 0 aliphatic carbocycles. The van der Waals surface area contributed by atoms with Crippen molar-refractivity contribution in [2.45, 2.75) is 37.6 Å². The van der Waals surface area contributed by atoms with E-state index in [0.29, 0.717) is 36.6 Å². The molecule has 1 atom stereocenters. The molecule has 2 aromatic rings. The van der Waals surface area contributed by atoms with Crippen LogP contribution in [0.2, 0.25) is 5.02 Å². The number of carbonyl (C=O) groups is 2. The molecule has 2 aliphatic rings. The maximum absolute atomic E-state index is 12.8. The number of piperidine rings is 1. The highest BCUT2D eigenvalue weighted by Crippen LogP contribution is 2.31. The first kappa shape index (κ1) is 23.2. The average Bonchev–Trinajstić information content (AvgIpc) is 3.41. The summed E-state index contributed by atoms with van der Waals surface area (Å²) in [6, 6.07) is 7.11. The highest BCUT2D eigenvalue weighted by molar-refractivity contribution is 7.91. The Morgan fingerprint density at radius 2 is 1.94 bits per heavy atom. The summed E-state index contributed by atoms with van der Waals surface area (Å²) < 4.78 is 23.4. The molecule has 0 spiro atoms. The maximum atomic E-state index is 12.8. The molecule has 0 N–H and O–H groups in total.